The van der Waals surface area contributed by atoms with Gasteiger partial charge in [-0.05, 0) is 25.0 Å². The van der Waals surface area contributed by atoms with E-state index in [1.807, 2.05) is 0 Å². The van der Waals surface area contributed by atoms with Gasteiger partial charge in [-0.25, -0.2) is 0 Å². The molecule has 0 atom stereocenters. The number of carbonyl (C=O) groups is 4. The maximum absolute atomic E-state index is 12.5. The van der Waals surface area contributed by atoms with Crippen LogP contribution in [0.15, 0.2) is 18.2 Å². The summed E-state index contributed by atoms with van der Waals surface area (Å²) in [6.45, 7) is 1.41. The van der Waals surface area contributed by atoms with Crippen LogP contribution >= 0.6 is 0 Å². The second-order valence-corrected chi connectivity index (χ2v) is 5.48. The third-order valence-corrected chi connectivity index (χ3v) is 3.67. The Balaban J connectivity index is 2.12. The topological polar surface area (TPSA) is 113 Å². The van der Waals surface area contributed by atoms with E-state index in [1.165, 1.54) is 6.07 Å². The van der Waals surface area contributed by atoms with Gasteiger partial charge in [-0.2, -0.15) is 0 Å². The molecule has 0 bridgehead atoms. The van der Waals surface area contributed by atoms with Crippen molar-refractivity contribution in [3.63, 3.8) is 0 Å². The monoisotopic (exact) mass is 348 g/mol. The summed E-state index contributed by atoms with van der Waals surface area (Å²) < 4.78 is 5.54. The number of aliphatic hydroxyl groups is 1. The number of fused-ring (bicyclic) bond motifs is 1. The van der Waals surface area contributed by atoms with Crippen LogP contribution in [0.3, 0.4) is 0 Å². The summed E-state index contributed by atoms with van der Waals surface area (Å²) in [4.78, 5) is 48.8. The Hall–Kier alpha value is -2.74. The van der Waals surface area contributed by atoms with E-state index in [-0.39, 0.29) is 29.9 Å². The van der Waals surface area contributed by atoms with Crippen LogP contribution in [-0.4, -0.2) is 53.4 Å². The zero-order valence-electron chi connectivity index (χ0n) is 13.9. The molecule has 0 aliphatic carbocycles. The van der Waals surface area contributed by atoms with Gasteiger partial charge in [0.1, 0.15) is 12.3 Å². The summed E-state index contributed by atoms with van der Waals surface area (Å²) >= 11 is 0. The summed E-state index contributed by atoms with van der Waals surface area (Å²) in [7, 11) is 0. The van der Waals surface area contributed by atoms with Gasteiger partial charge in [0.2, 0.25) is 11.8 Å². The zero-order valence-corrected chi connectivity index (χ0v) is 13.9. The first-order chi connectivity index (χ1) is 12.0. The Bertz CT molecular complexity index is 700. The van der Waals surface area contributed by atoms with E-state index in [1.54, 1.807) is 19.1 Å². The summed E-state index contributed by atoms with van der Waals surface area (Å²) in [6.07, 6.45) is 1.30. The van der Waals surface area contributed by atoms with Crippen LogP contribution in [0.4, 0.5) is 0 Å². The molecular weight excluding hydrogens is 328 g/mol. The number of nitrogens with zero attached hydrogens (tertiary/aromatic N) is 1. The lowest BCUT2D eigenvalue weighted by Crippen LogP contribution is -2.42. The Labute approximate surface area is 144 Å². The van der Waals surface area contributed by atoms with Gasteiger partial charge in [-0.15, -0.1) is 0 Å². The van der Waals surface area contributed by atoms with Crippen LogP contribution in [0.1, 0.15) is 46.9 Å². The fourth-order valence-corrected chi connectivity index (χ4v) is 2.39. The number of rotatable bonds is 8. The standard InChI is InChI=1S/C17H20N2O6/c1-2-13(21)18-14(22)10-19-16(23)11-6-5-7-12(15(11)17(19)24)25-9-4-3-8-20/h5-7,20H,2-4,8-10H2,1H3,(H,18,21,22). The van der Waals surface area contributed by atoms with Gasteiger partial charge in [0.15, 0.2) is 0 Å². The number of benzene rings is 1. The Morgan fingerprint density at radius 2 is 1.92 bits per heavy atom. The summed E-state index contributed by atoms with van der Waals surface area (Å²) in [6, 6.07) is 4.66. The summed E-state index contributed by atoms with van der Waals surface area (Å²) in [5, 5.41) is 10.9. The van der Waals surface area contributed by atoms with Crippen molar-refractivity contribution in [1.29, 1.82) is 0 Å². The summed E-state index contributed by atoms with van der Waals surface area (Å²) in [5.41, 5.74) is 0.283. The van der Waals surface area contributed by atoms with E-state index in [4.69, 9.17) is 9.84 Å². The van der Waals surface area contributed by atoms with Gasteiger partial charge in [-0.1, -0.05) is 13.0 Å². The van der Waals surface area contributed by atoms with Crippen LogP contribution < -0.4 is 10.1 Å². The quantitative estimate of drug-likeness (QED) is 0.522. The van der Waals surface area contributed by atoms with Gasteiger partial charge in [0.25, 0.3) is 11.8 Å². The van der Waals surface area contributed by atoms with Crippen LogP contribution in [0.2, 0.25) is 0 Å². The van der Waals surface area contributed by atoms with Crippen molar-refractivity contribution in [1.82, 2.24) is 10.2 Å². The number of ether oxygens (including phenoxy) is 1. The number of amides is 4. The highest BCUT2D eigenvalue weighted by atomic mass is 16.5. The van der Waals surface area contributed by atoms with Gasteiger partial charge < -0.3 is 9.84 Å². The number of carbonyl (C=O) groups excluding carboxylic acids is 4. The molecule has 1 aliphatic heterocycles. The molecule has 8 heteroatoms. The summed E-state index contributed by atoms with van der Waals surface area (Å²) in [5.74, 6) is -2.15. The average Bonchev–Trinajstić information content (AvgIpc) is 2.84. The maximum Gasteiger partial charge on any atom is 0.265 e. The van der Waals surface area contributed by atoms with Gasteiger partial charge in [-0.3, -0.25) is 29.4 Å². The van der Waals surface area contributed by atoms with Crippen molar-refractivity contribution in [2.45, 2.75) is 26.2 Å². The molecule has 0 saturated carbocycles. The maximum atomic E-state index is 12.5. The van der Waals surface area contributed by atoms with Crippen molar-refractivity contribution in [2.75, 3.05) is 19.8 Å². The van der Waals surface area contributed by atoms with Gasteiger partial charge in [0.05, 0.1) is 17.7 Å². The van der Waals surface area contributed by atoms with E-state index in [0.29, 0.717) is 19.4 Å². The SMILES string of the molecule is CCC(=O)NC(=O)CN1C(=O)c2cccc(OCCCCO)c2C1=O. The molecule has 0 fully saturated rings. The lowest BCUT2D eigenvalue weighted by Gasteiger charge is -2.13. The first-order valence-corrected chi connectivity index (χ1v) is 8.05. The highest BCUT2D eigenvalue weighted by Crippen LogP contribution is 2.31. The minimum atomic E-state index is -0.716. The molecule has 0 aromatic heterocycles. The number of hydrogen-bond acceptors (Lipinski definition) is 6. The van der Waals surface area contributed by atoms with Crippen molar-refractivity contribution in [3.8, 4) is 5.75 Å². The van der Waals surface area contributed by atoms with Crippen molar-refractivity contribution < 1.29 is 29.0 Å². The third-order valence-electron chi connectivity index (χ3n) is 3.67. The minimum absolute atomic E-state index is 0.0487. The normalized spacial score (nSPS) is 13.0. The van der Waals surface area contributed by atoms with E-state index < -0.39 is 30.2 Å². The van der Waals surface area contributed by atoms with Crippen LogP contribution in [0, 0.1) is 0 Å². The molecule has 2 rings (SSSR count). The fourth-order valence-electron chi connectivity index (χ4n) is 2.39. The number of nitrogens with one attached hydrogen (secondary N) is 1. The molecular formula is C17H20N2O6. The number of unbranched alkanes of at least 4 members (excludes halogenated alkanes) is 1. The molecule has 2 N–H and O–H groups in total. The van der Waals surface area contributed by atoms with E-state index >= 15 is 0 Å². The van der Waals surface area contributed by atoms with Crippen LogP contribution in [0.5, 0.6) is 5.75 Å². The minimum Gasteiger partial charge on any atom is -0.493 e. The first-order valence-electron chi connectivity index (χ1n) is 8.05. The first kappa shape index (κ1) is 18.6. The molecule has 0 spiro atoms. The second kappa shape index (κ2) is 8.39. The highest BCUT2D eigenvalue weighted by molar-refractivity contribution is 6.23. The molecule has 0 unspecified atom stereocenters. The van der Waals surface area contributed by atoms with Gasteiger partial charge in [0, 0.05) is 13.0 Å². The smallest absolute Gasteiger partial charge is 0.265 e. The molecule has 25 heavy (non-hydrogen) atoms. The molecule has 8 nitrogen and oxygen atoms in total. The van der Waals surface area contributed by atoms with Crippen LogP contribution in [0.25, 0.3) is 0 Å². The predicted molar refractivity (Wildman–Crippen MR) is 87.1 cm³/mol. The van der Waals surface area contributed by atoms with Crippen LogP contribution in [-0.2, 0) is 9.59 Å². The Kier molecular flexibility index (Phi) is 6.24. The molecule has 1 heterocycles. The van der Waals surface area contributed by atoms with Crippen molar-refractivity contribution in [2.24, 2.45) is 0 Å². The van der Waals surface area contributed by atoms with E-state index in [0.717, 1.165) is 4.90 Å². The largest absolute Gasteiger partial charge is 0.493 e. The Morgan fingerprint density at radius 3 is 2.60 bits per heavy atom. The average molecular weight is 348 g/mol. The third kappa shape index (κ3) is 4.21. The number of hydrogen-bond donors (Lipinski definition) is 2. The molecule has 1 aliphatic rings. The lowest BCUT2D eigenvalue weighted by molar-refractivity contribution is -0.130. The number of aliphatic hydroxyl groups excluding tert-OH is 1. The van der Waals surface area contributed by atoms with E-state index in [2.05, 4.69) is 5.32 Å². The molecule has 0 radical (unpaired) electrons. The van der Waals surface area contributed by atoms with Crippen molar-refractivity contribution >= 4 is 23.6 Å². The molecule has 1 aromatic carbocycles. The molecule has 0 saturated heterocycles. The molecule has 134 valence electrons. The number of imide groups is 2. The fraction of sp³-hybridized carbons (Fsp3) is 0.412. The zero-order chi connectivity index (χ0) is 18.4. The lowest BCUT2D eigenvalue weighted by atomic mass is 10.1. The molecule has 1 aromatic rings. The molecule has 4 amide bonds. The predicted octanol–water partition coefficient (Wildman–Crippen LogP) is 0.487. The second-order valence-electron chi connectivity index (χ2n) is 5.48. The Morgan fingerprint density at radius 1 is 1.16 bits per heavy atom. The van der Waals surface area contributed by atoms with Crippen molar-refractivity contribution in [3.05, 3.63) is 29.3 Å². The highest BCUT2D eigenvalue weighted by Gasteiger charge is 2.39. The van der Waals surface area contributed by atoms with E-state index in [9.17, 15) is 19.2 Å². The van der Waals surface area contributed by atoms with Gasteiger partial charge >= 0.3 is 0 Å².